The summed E-state index contributed by atoms with van der Waals surface area (Å²) in [6.45, 7) is 3.74. The molecule has 1 saturated heterocycles. The third-order valence-corrected chi connectivity index (χ3v) is 6.63. The van der Waals surface area contributed by atoms with Crippen molar-refractivity contribution in [2.75, 3.05) is 42.9 Å². The van der Waals surface area contributed by atoms with Crippen LogP contribution in [0, 0.1) is 0 Å². The Kier molecular flexibility index (Phi) is 6.09. The van der Waals surface area contributed by atoms with Crippen LogP contribution >= 0.6 is 11.3 Å². The highest BCUT2D eigenvalue weighted by atomic mass is 32.1. The maximum absolute atomic E-state index is 12.8. The molecule has 0 aliphatic carbocycles. The van der Waals surface area contributed by atoms with Crippen molar-refractivity contribution in [3.8, 4) is 0 Å². The van der Waals surface area contributed by atoms with E-state index in [9.17, 15) is 4.79 Å². The zero-order valence-electron chi connectivity index (χ0n) is 17.8. The molecule has 0 saturated carbocycles. The summed E-state index contributed by atoms with van der Waals surface area (Å²) < 4.78 is 0. The molecule has 0 atom stereocenters. The minimum Gasteiger partial charge on any atom is -0.353 e. The number of piperazine rings is 1. The van der Waals surface area contributed by atoms with Gasteiger partial charge in [-0.05, 0) is 35.1 Å². The lowest BCUT2D eigenvalue weighted by molar-refractivity contribution is -0.117. The molecule has 5 rings (SSSR count). The monoisotopic (exact) mass is 443 g/mol. The summed E-state index contributed by atoms with van der Waals surface area (Å²) in [5.41, 5.74) is 3.25. The highest BCUT2D eigenvalue weighted by Gasteiger charge is 2.22. The summed E-state index contributed by atoms with van der Waals surface area (Å²) in [6, 6.07) is 20.5. The van der Waals surface area contributed by atoms with Crippen molar-refractivity contribution < 1.29 is 4.79 Å². The van der Waals surface area contributed by atoms with E-state index in [1.54, 1.807) is 17.7 Å². The zero-order valence-corrected chi connectivity index (χ0v) is 18.6. The Morgan fingerprint density at radius 1 is 0.938 bits per heavy atom. The number of para-hydroxylation sites is 1. The van der Waals surface area contributed by atoms with Crippen LogP contribution in [-0.4, -0.2) is 53.5 Å². The number of aromatic nitrogens is 2. The molecule has 4 aromatic rings. The van der Waals surface area contributed by atoms with Gasteiger partial charge in [0.1, 0.15) is 17.0 Å². The van der Waals surface area contributed by atoms with Crippen molar-refractivity contribution >= 4 is 39.0 Å². The molecule has 2 aromatic heterocycles. The van der Waals surface area contributed by atoms with Gasteiger partial charge in [-0.3, -0.25) is 9.69 Å². The van der Waals surface area contributed by atoms with E-state index >= 15 is 0 Å². The average molecular weight is 444 g/mol. The molecule has 162 valence electrons. The van der Waals surface area contributed by atoms with Gasteiger partial charge in [-0.1, -0.05) is 48.5 Å². The van der Waals surface area contributed by atoms with Crippen LogP contribution in [-0.2, 0) is 11.2 Å². The minimum absolute atomic E-state index is 0.0289. The topological polar surface area (TPSA) is 61.4 Å². The van der Waals surface area contributed by atoms with Crippen molar-refractivity contribution in [1.82, 2.24) is 14.9 Å². The number of hydrogen-bond donors (Lipinski definition) is 1. The van der Waals surface area contributed by atoms with Crippen LogP contribution in [0.25, 0.3) is 10.2 Å². The molecule has 1 amide bonds. The molecule has 1 aliphatic rings. The van der Waals surface area contributed by atoms with Gasteiger partial charge in [-0.25, -0.2) is 9.97 Å². The molecule has 6 nitrogen and oxygen atoms in total. The van der Waals surface area contributed by atoms with Crippen LogP contribution < -0.4 is 10.2 Å². The van der Waals surface area contributed by atoms with Gasteiger partial charge in [0, 0.05) is 31.9 Å². The van der Waals surface area contributed by atoms with Crippen molar-refractivity contribution in [3.05, 3.63) is 83.5 Å². The van der Waals surface area contributed by atoms with E-state index < -0.39 is 0 Å². The highest BCUT2D eigenvalue weighted by Crippen LogP contribution is 2.27. The summed E-state index contributed by atoms with van der Waals surface area (Å²) in [4.78, 5) is 27.2. The number of rotatable bonds is 6. The van der Waals surface area contributed by atoms with Gasteiger partial charge in [0.2, 0.25) is 5.91 Å². The lowest BCUT2D eigenvalue weighted by Gasteiger charge is -2.35. The summed E-state index contributed by atoms with van der Waals surface area (Å²) in [6.07, 6.45) is 2.44. The molecule has 3 heterocycles. The molecule has 1 fully saturated rings. The summed E-state index contributed by atoms with van der Waals surface area (Å²) in [5.74, 6) is 1.02. The number of hydrogen-bond acceptors (Lipinski definition) is 6. The number of anilines is 2. The predicted molar refractivity (Wildman–Crippen MR) is 130 cm³/mol. The van der Waals surface area contributed by atoms with Gasteiger partial charge >= 0.3 is 0 Å². The number of amides is 1. The first-order chi connectivity index (χ1) is 15.8. The fourth-order valence-corrected chi connectivity index (χ4v) is 4.88. The first-order valence-electron chi connectivity index (χ1n) is 10.8. The Bertz CT molecular complexity index is 1200. The predicted octanol–water partition coefficient (Wildman–Crippen LogP) is 4.04. The molecule has 0 bridgehead atoms. The third-order valence-electron chi connectivity index (χ3n) is 5.81. The van der Waals surface area contributed by atoms with Crippen LogP contribution in [0.1, 0.15) is 11.1 Å². The summed E-state index contributed by atoms with van der Waals surface area (Å²) >= 11 is 1.64. The van der Waals surface area contributed by atoms with Crippen LogP contribution in [0.2, 0.25) is 0 Å². The Morgan fingerprint density at radius 3 is 2.56 bits per heavy atom. The number of carbonyl (C=O) groups is 1. The van der Waals surface area contributed by atoms with E-state index in [1.807, 2.05) is 36.4 Å². The van der Waals surface area contributed by atoms with E-state index in [2.05, 4.69) is 54.7 Å². The molecule has 0 unspecified atom stereocenters. The number of fused-ring (bicyclic) bond motifs is 1. The second-order valence-electron chi connectivity index (χ2n) is 7.97. The Morgan fingerprint density at radius 2 is 1.72 bits per heavy atom. The lowest BCUT2D eigenvalue weighted by Crippen LogP contribution is -2.49. The van der Waals surface area contributed by atoms with E-state index in [1.165, 1.54) is 5.56 Å². The Balaban J connectivity index is 1.18. The number of thiophene rings is 1. The SMILES string of the molecule is O=C(CN1CCN(c2ncnc3sccc23)CC1)Nc1ccccc1Cc1ccccc1. The normalized spacial score (nSPS) is 14.6. The summed E-state index contributed by atoms with van der Waals surface area (Å²) in [5, 5.41) is 6.29. The largest absolute Gasteiger partial charge is 0.353 e. The number of nitrogens with one attached hydrogen (secondary N) is 1. The molecule has 0 radical (unpaired) electrons. The van der Waals surface area contributed by atoms with Gasteiger partial charge < -0.3 is 10.2 Å². The van der Waals surface area contributed by atoms with Crippen LogP contribution in [0.15, 0.2) is 72.4 Å². The Labute approximate surface area is 191 Å². The maximum Gasteiger partial charge on any atom is 0.238 e. The van der Waals surface area contributed by atoms with E-state index in [4.69, 9.17) is 0 Å². The van der Waals surface area contributed by atoms with Crippen LogP contribution in [0.4, 0.5) is 11.5 Å². The van der Waals surface area contributed by atoms with Gasteiger partial charge in [0.25, 0.3) is 0 Å². The molecule has 1 aliphatic heterocycles. The smallest absolute Gasteiger partial charge is 0.238 e. The van der Waals surface area contributed by atoms with Crippen molar-refractivity contribution in [2.45, 2.75) is 6.42 Å². The molecule has 0 spiro atoms. The maximum atomic E-state index is 12.8. The Hall–Kier alpha value is -3.29. The zero-order chi connectivity index (χ0) is 21.8. The first kappa shape index (κ1) is 20.6. The van der Waals surface area contributed by atoms with Gasteiger partial charge in [-0.15, -0.1) is 11.3 Å². The van der Waals surface area contributed by atoms with Crippen LogP contribution in [0.3, 0.4) is 0 Å². The van der Waals surface area contributed by atoms with Crippen LogP contribution in [0.5, 0.6) is 0 Å². The summed E-state index contributed by atoms with van der Waals surface area (Å²) in [7, 11) is 0. The van der Waals surface area contributed by atoms with Crippen molar-refractivity contribution in [3.63, 3.8) is 0 Å². The first-order valence-corrected chi connectivity index (χ1v) is 11.7. The lowest BCUT2D eigenvalue weighted by atomic mass is 10.0. The molecular formula is C25H25N5OS. The second kappa shape index (κ2) is 9.46. The van der Waals surface area contributed by atoms with E-state index in [-0.39, 0.29) is 5.91 Å². The fraction of sp³-hybridized carbons (Fsp3) is 0.240. The molecule has 2 aromatic carbocycles. The number of nitrogens with zero attached hydrogens (tertiary/aromatic N) is 4. The van der Waals surface area contributed by atoms with Gasteiger partial charge in [-0.2, -0.15) is 0 Å². The van der Waals surface area contributed by atoms with Gasteiger partial charge in [0.15, 0.2) is 0 Å². The molecule has 32 heavy (non-hydrogen) atoms. The van der Waals surface area contributed by atoms with Crippen molar-refractivity contribution in [1.29, 1.82) is 0 Å². The molecule has 7 heteroatoms. The van der Waals surface area contributed by atoms with Crippen molar-refractivity contribution in [2.24, 2.45) is 0 Å². The number of benzene rings is 2. The molecular weight excluding hydrogens is 418 g/mol. The third kappa shape index (κ3) is 4.64. The highest BCUT2D eigenvalue weighted by molar-refractivity contribution is 7.16. The molecule has 1 N–H and O–H groups in total. The minimum atomic E-state index is 0.0289. The fourth-order valence-electron chi connectivity index (χ4n) is 4.15. The van der Waals surface area contributed by atoms with E-state index in [0.717, 1.165) is 59.9 Å². The quantitative estimate of drug-likeness (QED) is 0.487. The average Bonchev–Trinajstić information content (AvgIpc) is 3.31. The van der Waals surface area contributed by atoms with E-state index in [0.29, 0.717) is 6.54 Å². The number of carbonyl (C=O) groups excluding carboxylic acids is 1. The standard InChI is InChI=1S/C25H25N5OS/c31-23(28-22-9-5-4-8-20(22)16-19-6-2-1-3-7-19)17-29-11-13-30(14-12-29)24-21-10-15-32-25(21)27-18-26-24/h1-10,15,18H,11-14,16-17H2,(H,28,31). The second-order valence-corrected chi connectivity index (χ2v) is 8.86. The van der Waals surface area contributed by atoms with Gasteiger partial charge in [0.05, 0.1) is 11.9 Å².